The Balaban J connectivity index is 1.73. The third-order valence-electron chi connectivity index (χ3n) is 6.51. The predicted octanol–water partition coefficient (Wildman–Crippen LogP) is 3.00. The molecule has 0 N–H and O–H groups in total. The lowest BCUT2D eigenvalue weighted by molar-refractivity contribution is -0.127. The Morgan fingerprint density at radius 1 is 1.48 bits per heavy atom. The van der Waals surface area contributed by atoms with Crippen LogP contribution in [0.4, 0.5) is 4.79 Å². The molecule has 142 valence electrons. The summed E-state index contributed by atoms with van der Waals surface area (Å²) in [5.74, 6) is 1.33. The highest BCUT2D eigenvalue weighted by Crippen LogP contribution is 2.63. The summed E-state index contributed by atoms with van der Waals surface area (Å²) >= 11 is 3.68. The van der Waals surface area contributed by atoms with Crippen molar-refractivity contribution in [2.75, 3.05) is 20.3 Å². The second kappa shape index (κ2) is 5.74. The molecule has 7 heteroatoms. The van der Waals surface area contributed by atoms with Gasteiger partial charge in [0.05, 0.1) is 19.1 Å². The van der Waals surface area contributed by atoms with Gasteiger partial charge in [-0.1, -0.05) is 22.0 Å². The number of carbonyl (C=O) groups excluding carboxylic acids is 2. The molecule has 2 aliphatic carbocycles. The number of nitrogens with zero attached hydrogens (tertiary/aromatic N) is 1. The van der Waals surface area contributed by atoms with Crippen LogP contribution in [-0.2, 0) is 21.4 Å². The molecule has 1 aromatic carbocycles. The van der Waals surface area contributed by atoms with Crippen molar-refractivity contribution in [1.82, 2.24) is 4.90 Å². The van der Waals surface area contributed by atoms with E-state index in [1.54, 1.807) is 13.2 Å². The van der Waals surface area contributed by atoms with Gasteiger partial charge in [-0.2, -0.15) is 0 Å². The Morgan fingerprint density at radius 3 is 3.04 bits per heavy atom. The third-order valence-corrected chi connectivity index (χ3v) is 7.21. The molecule has 1 spiro atoms. The van der Waals surface area contributed by atoms with E-state index in [4.69, 9.17) is 14.2 Å². The molecule has 1 fully saturated rings. The molecule has 1 saturated heterocycles. The zero-order valence-electron chi connectivity index (χ0n) is 15.2. The lowest BCUT2D eigenvalue weighted by Gasteiger charge is -2.55. The number of benzene rings is 1. The van der Waals surface area contributed by atoms with Crippen LogP contribution in [0.1, 0.15) is 24.5 Å². The third kappa shape index (κ3) is 2.01. The molecule has 27 heavy (non-hydrogen) atoms. The average Bonchev–Trinajstić information content (AvgIpc) is 2.99. The molecule has 1 amide bonds. The van der Waals surface area contributed by atoms with Crippen LogP contribution in [0, 0.1) is 5.92 Å². The largest absolute Gasteiger partial charge is 0.493 e. The molecule has 0 unspecified atom stereocenters. The minimum Gasteiger partial charge on any atom is -0.493 e. The summed E-state index contributed by atoms with van der Waals surface area (Å²) in [5, 5.41) is 0. The van der Waals surface area contributed by atoms with Crippen LogP contribution in [0.25, 0.3) is 0 Å². The lowest BCUT2D eigenvalue weighted by Crippen LogP contribution is -2.65. The maximum atomic E-state index is 12.8. The topological polar surface area (TPSA) is 65.1 Å². The monoisotopic (exact) mass is 433 g/mol. The van der Waals surface area contributed by atoms with Crippen LogP contribution in [-0.4, -0.2) is 49.2 Å². The van der Waals surface area contributed by atoms with E-state index in [0.29, 0.717) is 37.5 Å². The number of hydrogen-bond acceptors (Lipinski definition) is 5. The van der Waals surface area contributed by atoms with E-state index < -0.39 is 11.5 Å². The van der Waals surface area contributed by atoms with Gasteiger partial charge in [-0.15, -0.1) is 0 Å². The van der Waals surface area contributed by atoms with Gasteiger partial charge >= 0.3 is 6.09 Å². The summed E-state index contributed by atoms with van der Waals surface area (Å²) in [5.41, 5.74) is 1.74. The SMILES string of the molecule is CCOC(=O)N1CC[C@]23c4c5c(Br)cc(OC)c4O[C@H]2C(=O)C=C[C@H]3[C@H]1C5. The van der Waals surface area contributed by atoms with Crippen molar-refractivity contribution in [1.29, 1.82) is 0 Å². The van der Waals surface area contributed by atoms with Crippen LogP contribution in [0.3, 0.4) is 0 Å². The number of rotatable bonds is 2. The van der Waals surface area contributed by atoms with Crippen molar-refractivity contribution in [3.63, 3.8) is 0 Å². The fraction of sp³-hybridized carbons (Fsp3) is 0.500. The molecule has 2 heterocycles. The summed E-state index contributed by atoms with van der Waals surface area (Å²) < 4.78 is 18.0. The van der Waals surface area contributed by atoms with Gasteiger partial charge in [0.15, 0.2) is 23.4 Å². The second-order valence-electron chi connectivity index (χ2n) is 7.48. The summed E-state index contributed by atoms with van der Waals surface area (Å²) in [6.45, 7) is 2.71. The van der Waals surface area contributed by atoms with Crippen LogP contribution < -0.4 is 9.47 Å². The van der Waals surface area contributed by atoms with Gasteiger partial charge in [0.25, 0.3) is 0 Å². The average molecular weight is 434 g/mol. The van der Waals surface area contributed by atoms with Gasteiger partial charge in [0.1, 0.15) is 0 Å². The van der Waals surface area contributed by atoms with Crippen LogP contribution in [0.15, 0.2) is 22.7 Å². The van der Waals surface area contributed by atoms with E-state index in [0.717, 1.165) is 15.6 Å². The molecule has 6 nitrogen and oxygen atoms in total. The van der Waals surface area contributed by atoms with E-state index in [-0.39, 0.29) is 23.8 Å². The molecular formula is C20H20BrNO5. The van der Waals surface area contributed by atoms with Crippen molar-refractivity contribution in [2.45, 2.75) is 37.3 Å². The van der Waals surface area contributed by atoms with Crippen LogP contribution in [0.2, 0.25) is 0 Å². The van der Waals surface area contributed by atoms with Crippen molar-refractivity contribution < 1.29 is 23.8 Å². The van der Waals surface area contributed by atoms with Gasteiger partial charge in [0, 0.05) is 28.5 Å². The molecular weight excluding hydrogens is 414 g/mol. The number of ether oxygens (including phenoxy) is 3. The van der Waals surface area contributed by atoms with Gasteiger partial charge < -0.3 is 19.1 Å². The van der Waals surface area contributed by atoms with Crippen molar-refractivity contribution in [3.8, 4) is 11.5 Å². The van der Waals surface area contributed by atoms with Crippen LogP contribution >= 0.6 is 15.9 Å². The van der Waals surface area contributed by atoms with E-state index >= 15 is 0 Å². The maximum absolute atomic E-state index is 12.8. The number of halogens is 1. The minimum absolute atomic E-state index is 0.0168. The standard InChI is InChI=1S/C20H20BrNO5/c1-3-26-19(24)22-7-6-20-11-4-5-14(23)18(20)27-17-15(25-2)9-12(21)10(16(17)20)8-13(11)22/h4-5,9,11,13,18H,3,6-8H2,1-2H3/t11-,13+,18-,20-/m0/s1. The van der Waals surface area contributed by atoms with Gasteiger partial charge in [-0.05, 0) is 37.5 Å². The van der Waals surface area contributed by atoms with E-state index in [2.05, 4.69) is 15.9 Å². The Morgan fingerprint density at radius 2 is 2.30 bits per heavy atom. The molecule has 0 aromatic heterocycles. The summed E-state index contributed by atoms with van der Waals surface area (Å²) in [6.07, 6.45) is 4.10. The Kier molecular flexibility index (Phi) is 3.63. The summed E-state index contributed by atoms with van der Waals surface area (Å²) in [7, 11) is 1.61. The summed E-state index contributed by atoms with van der Waals surface area (Å²) in [6, 6.07) is 1.83. The predicted molar refractivity (Wildman–Crippen MR) is 100 cm³/mol. The van der Waals surface area contributed by atoms with E-state index in [1.165, 1.54) is 0 Å². The van der Waals surface area contributed by atoms with Crippen LogP contribution in [0.5, 0.6) is 11.5 Å². The molecule has 0 radical (unpaired) electrons. The highest BCUT2D eigenvalue weighted by atomic mass is 79.9. The first-order chi connectivity index (χ1) is 13.0. The molecule has 4 atom stereocenters. The normalized spacial score (nSPS) is 32.0. The Labute approximate surface area is 165 Å². The number of piperidine rings is 1. The van der Waals surface area contributed by atoms with Crippen molar-refractivity contribution >= 4 is 27.8 Å². The van der Waals surface area contributed by atoms with Gasteiger partial charge in [-0.25, -0.2) is 4.79 Å². The zero-order chi connectivity index (χ0) is 18.9. The van der Waals surface area contributed by atoms with Crippen molar-refractivity contribution in [2.24, 2.45) is 5.92 Å². The zero-order valence-corrected chi connectivity index (χ0v) is 16.7. The summed E-state index contributed by atoms with van der Waals surface area (Å²) in [4.78, 5) is 27.2. The van der Waals surface area contributed by atoms with E-state index in [1.807, 2.05) is 24.0 Å². The molecule has 4 aliphatic rings. The highest BCUT2D eigenvalue weighted by molar-refractivity contribution is 9.10. The molecule has 1 aromatic rings. The lowest BCUT2D eigenvalue weighted by atomic mass is 9.53. The minimum atomic E-state index is -0.559. The molecule has 2 aliphatic heterocycles. The molecule has 5 rings (SSSR count). The Hall–Kier alpha value is -2.02. The fourth-order valence-electron chi connectivity index (χ4n) is 5.51. The Bertz CT molecular complexity index is 897. The number of ketones is 1. The number of hydrogen-bond donors (Lipinski definition) is 0. The maximum Gasteiger partial charge on any atom is 0.410 e. The first kappa shape index (κ1) is 17.1. The van der Waals surface area contributed by atoms with Gasteiger partial charge in [-0.3, -0.25) is 4.79 Å². The number of amides is 1. The second-order valence-corrected chi connectivity index (χ2v) is 8.34. The number of likely N-dealkylation sites (tertiary alicyclic amines) is 1. The fourth-order valence-corrected chi connectivity index (χ4v) is 6.08. The molecule has 2 bridgehead atoms. The smallest absolute Gasteiger partial charge is 0.410 e. The first-order valence-electron chi connectivity index (χ1n) is 9.24. The van der Waals surface area contributed by atoms with Gasteiger partial charge in [0.2, 0.25) is 0 Å². The molecule has 0 saturated carbocycles. The van der Waals surface area contributed by atoms with E-state index in [9.17, 15) is 9.59 Å². The quantitative estimate of drug-likeness (QED) is 0.716. The number of methoxy groups -OCH3 is 1. The highest BCUT2D eigenvalue weighted by Gasteiger charge is 2.65. The van der Waals surface area contributed by atoms with Crippen molar-refractivity contribution in [3.05, 3.63) is 33.8 Å². The first-order valence-corrected chi connectivity index (χ1v) is 10.0. The number of carbonyl (C=O) groups is 2.